The predicted molar refractivity (Wildman–Crippen MR) is 108 cm³/mol. The van der Waals surface area contributed by atoms with Crippen molar-refractivity contribution in [1.29, 1.82) is 0 Å². The molecule has 0 saturated heterocycles. The number of halogens is 1. The molecule has 5 nitrogen and oxygen atoms in total. The van der Waals surface area contributed by atoms with E-state index >= 15 is 0 Å². The maximum Gasteiger partial charge on any atom is 0.196 e. The number of phenolic OH excluding ortho intramolecular Hbond substituents is 1. The van der Waals surface area contributed by atoms with E-state index in [2.05, 4.69) is 36.4 Å². The molecule has 0 spiro atoms. The van der Waals surface area contributed by atoms with E-state index < -0.39 is 0 Å². The number of aliphatic hydroxyl groups is 1. The smallest absolute Gasteiger partial charge is 0.196 e. The van der Waals surface area contributed by atoms with Crippen LogP contribution in [0.5, 0.6) is 5.75 Å². The molecule has 0 radical (unpaired) electrons. The van der Waals surface area contributed by atoms with Crippen molar-refractivity contribution in [1.82, 2.24) is 5.32 Å². The lowest BCUT2D eigenvalue weighted by molar-refractivity contribution is 0.300. The molecule has 0 aliphatic carbocycles. The highest BCUT2D eigenvalue weighted by Crippen LogP contribution is 2.30. The molecule has 0 aliphatic heterocycles. The van der Waals surface area contributed by atoms with Crippen molar-refractivity contribution >= 4 is 23.2 Å². The highest BCUT2D eigenvalue weighted by atomic mass is 35.5. The van der Waals surface area contributed by atoms with Crippen LogP contribution in [0.15, 0.2) is 47.5 Å². The van der Waals surface area contributed by atoms with Gasteiger partial charge in [0.1, 0.15) is 5.75 Å². The van der Waals surface area contributed by atoms with E-state index in [-0.39, 0.29) is 17.8 Å². The van der Waals surface area contributed by atoms with E-state index in [0.717, 1.165) is 11.1 Å². The van der Waals surface area contributed by atoms with E-state index in [1.807, 2.05) is 36.4 Å². The monoisotopic (exact) mass is 375 g/mol. The van der Waals surface area contributed by atoms with Gasteiger partial charge in [0.2, 0.25) is 0 Å². The van der Waals surface area contributed by atoms with Crippen molar-refractivity contribution in [2.75, 3.05) is 18.5 Å². The van der Waals surface area contributed by atoms with Crippen LogP contribution in [-0.2, 0) is 12.0 Å². The molecule has 0 amide bonds. The summed E-state index contributed by atoms with van der Waals surface area (Å²) in [7, 11) is 0. The average molecular weight is 376 g/mol. The summed E-state index contributed by atoms with van der Waals surface area (Å²) >= 11 is 6.18. The van der Waals surface area contributed by atoms with E-state index in [4.69, 9.17) is 16.7 Å². The molecular formula is C20H26ClN3O2. The van der Waals surface area contributed by atoms with Gasteiger partial charge in [-0.25, -0.2) is 4.99 Å². The number of nitrogens with one attached hydrogen (secondary N) is 2. The number of phenols is 1. The molecule has 26 heavy (non-hydrogen) atoms. The highest BCUT2D eigenvalue weighted by molar-refractivity contribution is 6.31. The first-order chi connectivity index (χ1) is 12.3. The predicted octanol–water partition coefficient (Wildman–Crippen LogP) is 3.89. The Morgan fingerprint density at radius 3 is 2.54 bits per heavy atom. The van der Waals surface area contributed by atoms with Gasteiger partial charge in [-0.3, -0.25) is 0 Å². The van der Waals surface area contributed by atoms with Crippen LogP contribution < -0.4 is 10.6 Å². The van der Waals surface area contributed by atoms with Gasteiger partial charge in [-0.1, -0.05) is 56.6 Å². The average Bonchev–Trinajstić information content (AvgIpc) is 2.59. The van der Waals surface area contributed by atoms with Crippen LogP contribution in [0.4, 0.5) is 5.69 Å². The molecule has 0 heterocycles. The Balaban J connectivity index is 2.25. The standard InChI is InChI=1S/C20H26ClN3O2/c1-20(2,3)15-8-9-18(26)17(12-15)24-19(22-10-11-25)23-13-14-6-4-5-7-16(14)21/h4-9,12,25-26H,10-11,13H2,1-3H3,(H2,22,23,24). The Bertz CT molecular complexity index is 770. The number of rotatable bonds is 5. The van der Waals surface area contributed by atoms with Gasteiger partial charge >= 0.3 is 0 Å². The van der Waals surface area contributed by atoms with Gasteiger partial charge in [0.15, 0.2) is 5.96 Å². The molecular weight excluding hydrogens is 350 g/mol. The molecule has 2 rings (SSSR count). The number of hydrogen-bond donors (Lipinski definition) is 4. The van der Waals surface area contributed by atoms with Crippen LogP contribution in [0.3, 0.4) is 0 Å². The Morgan fingerprint density at radius 1 is 1.15 bits per heavy atom. The number of aliphatic hydroxyl groups excluding tert-OH is 1. The molecule has 2 aromatic rings. The molecule has 0 saturated carbocycles. The molecule has 0 fully saturated rings. The number of aromatic hydroxyl groups is 1. The lowest BCUT2D eigenvalue weighted by atomic mass is 9.87. The van der Waals surface area contributed by atoms with Gasteiger partial charge < -0.3 is 20.8 Å². The first kappa shape index (κ1) is 20.1. The van der Waals surface area contributed by atoms with E-state index in [1.165, 1.54) is 0 Å². The van der Waals surface area contributed by atoms with E-state index in [1.54, 1.807) is 6.07 Å². The zero-order valence-corrected chi connectivity index (χ0v) is 16.1. The van der Waals surface area contributed by atoms with Crippen molar-refractivity contribution < 1.29 is 10.2 Å². The minimum atomic E-state index is -0.0441. The quantitative estimate of drug-likeness (QED) is 0.363. The zero-order chi connectivity index (χ0) is 19.2. The molecule has 0 aromatic heterocycles. The SMILES string of the molecule is CC(C)(C)c1ccc(O)c(NC(=NCc2ccccc2Cl)NCCO)c1. The minimum Gasteiger partial charge on any atom is -0.506 e. The van der Waals surface area contributed by atoms with Gasteiger partial charge in [-0.05, 0) is 34.7 Å². The van der Waals surface area contributed by atoms with E-state index in [0.29, 0.717) is 29.8 Å². The molecule has 0 unspecified atom stereocenters. The summed E-state index contributed by atoms with van der Waals surface area (Å²) in [4.78, 5) is 4.51. The van der Waals surface area contributed by atoms with Gasteiger partial charge in [-0.15, -0.1) is 0 Å². The Labute approximate surface area is 159 Å². The Kier molecular flexibility index (Phi) is 6.89. The van der Waals surface area contributed by atoms with Gasteiger partial charge in [0.25, 0.3) is 0 Å². The summed E-state index contributed by atoms with van der Waals surface area (Å²) in [6, 6.07) is 13.0. The molecule has 0 atom stereocenters. The summed E-state index contributed by atoms with van der Waals surface area (Å²) in [5, 5.41) is 26.1. The van der Waals surface area contributed by atoms with Crippen molar-refractivity contribution in [3.63, 3.8) is 0 Å². The summed E-state index contributed by atoms with van der Waals surface area (Å²) in [5.74, 6) is 0.592. The third-order valence-corrected chi connectivity index (χ3v) is 4.25. The zero-order valence-electron chi connectivity index (χ0n) is 15.4. The fourth-order valence-electron chi connectivity index (χ4n) is 2.34. The van der Waals surface area contributed by atoms with Crippen molar-refractivity contribution in [3.05, 3.63) is 58.6 Å². The third kappa shape index (κ3) is 5.64. The van der Waals surface area contributed by atoms with Crippen molar-refractivity contribution in [2.24, 2.45) is 4.99 Å². The van der Waals surface area contributed by atoms with Crippen LogP contribution in [0.25, 0.3) is 0 Å². The van der Waals surface area contributed by atoms with Gasteiger partial charge in [-0.2, -0.15) is 0 Å². The highest BCUT2D eigenvalue weighted by Gasteiger charge is 2.16. The van der Waals surface area contributed by atoms with Crippen LogP contribution in [0.1, 0.15) is 31.9 Å². The third-order valence-electron chi connectivity index (χ3n) is 3.89. The first-order valence-corrected chi connectivity index (χ1v) is 8.92. The molecule has 0 aliphatic rings. The lowest BCUT2D eigenvalue weighted by Crippen LogP contribution is -2.33. The molecule has 6 heteroatoms. The number of aliphatic imine (C=N–C) groups is 1. The lowest BCUT2D eigenvalue weighted by Gasteiger charge is -2.21. The summed E-state index contributed by atoms with van der Waals surface area (Å²) in [6.45, 7) is 7.02. The Hall–Kier alpha value is -2.24. The maximum atomic E-state index is 10.2. The van der Waals surface area contributed by atoms with Crippen LogP contribution in [-0.4, -0.2) is 29.3 Å². The normalized spacial score (nSPS) is 12.1. The summed E-state index contributed by atoms with van der Waals surface area (Å²) in [6.07, 6.45) is 0. The number of anilines is 1. The summed E-state index contributed by atoms with van der Waals surface area (Å²) in [5.41, 5.74) is 2.50. The fourth-order valence-corrected chi connectivity index (χ4v) is 2.53. The second kappa shape index (κ2) is 8.92. The second-order valence-electron chi connectivity index (χ2n) is 7.01. The minimum absolute atomic E-state index is 0.0270. The summed E-state index contributed by atoms with van der Waals surface area (Å²) < 4.78 is 0. The van der Waals surface area contributed by atoms with Crippen LogP contribution >= 0.6 is 11.6 Å². The van der Waals surface area contributed by atoms with E-state index in [9.17, 15) is 5.11 Å². The molecule has 0 bridgehead atoms. The van der Waals surface area contributed by atoms with Gasteiger partial charge in [0, 0.05) is 11.6 Å². The number of hydrogen-bond acceptors (Lipinski definition) is 3. The largest absolute Gasteiger partial charge is 0.506 e. The maximum absolute atomic E-state index is 10.2. The number of guanidine groups is 1. The molecule has 140 valence electrons. The number of nitrogens with zero attached hydrogens (tertiary/aromatic N) is 1. The molecule has 2 aromatic carbocycles. The second-order valence-corrected chi connectivity index (χ2v) is 7.42. The van der Waals surface area contributed by atoms with Crippen molar-refractivity contribution in [3.8, 4) is 5.75 Å². The fraction of sp³-hybridized carbons (Fsp3) is 0.350. The Morgan fingerprint density at radius 2 is 1.88 bits per heavy atom. The first-order valence-electron chi connectivity index (χ1n) is 8.54. The molecule has 4 N–H and O–H groups in total. The van der Waals surface area contributed by atoms with Crippen molar-refractivity contribution in [2.45, 2.75) is 32.7 Å². The number of benzene rings is 2. The van der Waals surface area contributed by atoms with Crippen LogP contribution in [0.2, 0.25) is 5.02 Å². The topological polar surface area (TPSA) is 76.9 Å². The van der Waals surface area contributed by atoms with Crippen LogP contribution in [0, 0.1) is 0 Å². The van der Waals surface area contributed by atoms with Gasteiger partial charge in [0.05, 0.1) is 18.8 Å².